The van der Waals surface area contributed by atoms with Crippen molar-refractivity contribution < 1.29 is 19.4 Å². The lowest BCUT2D eigenvalue weighted by Gasteiger charge is -2.65. The zero-order chi connectivity index (χ0) is 18.7. The van der Waals surface area contributed by atoms with E-state index in [0.29, 0.717) is 17.8 Å². The number of hydrogen-bond donors (Lipinski definition) is 1. The second kappa shape index (κ2) is 5.92. The molecular weight excluding hydrogens is 328 g/mol. The van der Waals surface area contributed by atoms with Gasteiger partial charge in [0.2, 0.25) is 0 Å². The molecule has 0 aromatic carbocycles. The molecule has 0 heterocycles. The first kappa shape index (κ1) is 18.2. The summed E-state index contributed by atoms with van der Waals surface area (Å²) < 4.78 is 5.93. The van der Waals surface area contributed by atoms with Crippen molar-refractivity contribution in [3.8, 4) is 0 Å². The van der Waals surface area contributed by atoms with Gasteiger partial charge >= 0.3 is 5.97 Å². The fraction of sp³-hybridized carbons (Fsp3) is 0.818. The average Bonchev–Trinajstić information content (AvgIpc) is 2.88. The Labute approximate surface area is 156 Å². The van der Waals surface area contributed by atoms with Gasteiger partial charge in [0.1, 0.15) is 12.4 Å². The van der Waals surface area contributed by atoms with Crippen molar-refractivity contribution in [2.45, 2.75) is 71.8 Å². The van der Waals surface area contributed by atoms with E-state index in [0.717, 1.165) is 50.4 Å². The van der Waals surface area contributed by atoms with Gasteiger partial charge in [-0.25, -0.2) is 0 Å². The van der Waals surface area contributed by atoms with Crippen LogP contribution in [0.5, 0.6) is 0 Å². The number of allylic oxidation sites excluding steroid dienone is 1. The first-order chi connectivity index (χ1) is 12.3. The fourth-order valence-corrected chi connectivity index (χ4v) is 7.67. The minimum absolute atomic E-state index is 0.111. The molecule has 7 atom stereocenters. The van der Waals surface area contributed by atoms with Gasteiger partial charge in [-0.15, -0.1) is 0 Å². The molecule has 0 aromatic heterocycles. The van der Waals surface area contributed by atoms with Crippen LogP contribution in [0.25, 0.3) is 0 Å². The number of aliphatic hydroxyl groups is 1. The van der Waals surface area contributed by atoms with Crippen LogP contribution in [0.3, 0.4) is 0 Å². The molecule has 0 radical (unpaired) electrons. The minimum atomic E-state index is -0.233. The molecular formula is C22H32O4. The molecule has 4 rings (SSSR count). The van der Waals surface area contributed by atoms with E-state index in [-0.39, 0.29) is 34.9 Å². The van der Waals surface area contributed by atoms with Crippen LogP contribution in [-0.4, -0.2) is 30.1 Å². The smallest absolute Gasteiger partial charge is 0.302 e. The van der Waals surface area contributed by atoms with Gasteiger partial charge in [-0.3, -0.25) is 9.59 Å². The predicted molar refractivity (Wildman–Crippen MR) is 98.2 cm³/mol. The van der Waals surface area contributed by atoms with Crippen molar-refractivity contribution in [2.24, 2.45) is 34.0 Å². The molecule has 3 fully saturated rings. The second-order valence-corrected chi connectivity index (χ2v) is 9.96. The molecule has 1 spiro atoms. The molecule has 0 aromatic rings. The topological polar surface area (TPSA) is 63.6 Å². The number of aldehydes is 1. The molecule has 26 heavy (non-hydrogen) atoms. The van der Waals surface area contributed by atoms with E-state index < -0.39 is 0 Å². The van der Waals surface area contributed by atoms with Gasteiger partial charge in [-0.2, -0.15) is 0 Å². The molecule has 4 aliphatic rings. The van der Waals surface area contributed by atoms with Crippen molar-refractivity contribution in [3.05, 3.63) is 11.6 Å². The van der Waals surface area contributed by atoms with Crippen LogP contribution >= 0.6 is 0 Å². The molecule has 3 saturated carbocycles. The van der Waals surface area contributed by atoms with Gasteiger partial charge in [0.05, 0.1) is 0 Å². The highest BCUT2D eigenvalue weighted by Crippen LogP contribution is 2.71. The molecule has 0 aliphatic heterocycles. The minimum Gasteiger partial charge on any atom is -0.462 e. The summed E-state index contributed by atoms with van der Waals surface area (Å²) >= 11 is 0. The monoisotopic (exact) mass is 360 g/mol. The van der Waals surface area contributed by atoms with Crippen molar-refractivity contribution in [1.29, 1.82) is 0 Å². The molecule has 4 heteroatoms. The third-order valence-corrected chi connectivity index (χ3v) is 8.71. The SMILES string of the molecule is CC(=O)OC1CC2C(C)(CO)CCCC2(C)C2CCC3CC12C=C3C=O. The normalized spacial score (nSPS) is 49.6. The lowest BCUT2D eigenvalue weighted by atomic mass is 9.40. The molecule has 2 bridgehead atoms. The van der Waals surface area contributed by atoms with Crippen LogP contribution in [0.15, 0.2) is 11.6 Å². The summed E-state index contributed by atoms with van der Waals surface area (Å²) in [5, 5.41) is 10.2. The van der Waals surface area contributed by atoms with E-state index >= 15 is 0 Å². The van der Waals surface area contributed by atoms with E-state index in [2.05, 4.69) is 19.9 Å². The van der Waals surface area contributed by atoms with Gasteiger partial charge in [-0.1, -0.05) is 26.3 Å². The van der Waals surface area contributed by atoms with Crippen LogP contribution in [0.4, 0.5) is 0 Å². The molecule has 0 saturated heterocycles. The number of ether oxygens (including phenoxy) is 1. The Bertz CT molecular complexity index is 655. The second-order valence-electron chi connectivity index (χ2n) is 9.96. The maximum atomic E-state index is 11.9. The van der Waals surface area contributed by atoms with Gasteiger partial charge in [0.15, 0.2) is 0 Å². The summed E-state index contributed by atoms with van der Waals surface area (Å²) in [6.45, 7) is 6.31. The average molecular weight is 360 g/mol. The Kier molecular flexibility index (Phi) is 4.15. The van der Waals surface area contributed by atoms with Crippen LogP contribution in [0.2, 0.25) is 0 Å². The maximum absolute atomic E-state index is 11.9. The number of aliphatic hydroxyl groups excluding tert-OH is 1. The molecule has 7 unspecified atom stereocenters. The van der Waals surface area contributed by atoms with E-state index in [1.54, 1.807) is 0 Å². The van der Waals surface area contributed by atoms with Crippen LogP contribution < -0.4 is 0 Å². The number of carbonyl (C=O) groups excluding carboxylic acids is 2. The molecule has 4 nitrogen and oxygen atoms in total. The summed E-state index contributed by atoms with van der Waals surface area (Å²) in [4.78, 5) is 23.6. The Morgan fingerprint density at radius 1 is 1.31 bits per heavy atom. The highest BCUT2D eigenvalue weighted by molar-refractivity contribution is 5.76. The molecule has 1 N–H and O–H groups in total. The summed E-state index contributed by atoms with van der Waals surface area (Å²) in [5.41, 5.74) is 0.753. The standard InChI is InChI=1S/C22H32O4/c1-14(25)26-19-9-18-20(2,13-24)7-4-8-21(18,3)17-6-5-15-10-22(17,19)11-16(15)12-23/h11-12,15,17-19,24H,4-10,13H2,1-3H3. The number of hydrogen-bond acceptors (Lipinski definition) is 4. The molecule has 0 amide bonds. The number of rotatable bonds is 3. The Morgan fingerprint density at radius 2 is 2.08 bits per heavy atom. The molecule has 144 valence electrons. The Hall–Kier alpha value is -1.16. The van der Waals surface area contributed by atoms with Gasteiger partial charge < -0.3 is 9.84 Å². The van der Waals surface area contributed by atoms with Crippen molar-refractivity contribution in [2.75, 3.05) is 6.61 Å². The van der Waals surface area contributed by atoms with Gasteiger partial charge in [0, 0.05) is 18.9 Å². The Morgan fingerprint density at radius 3 is 2.73 bits per heavy atom. The number of fused-ring (bicyclic) bond motifs is 3. The number of esters is 1. The summed E-state index contributed by atoms with van der Waals surface area (Å²) in [7, 11) is 0. The van der Waals surface area contributed by atoms with E-state index in [4.69, 9.17) is 4.74 Å². The van der Waals surface area contributed by atoms with Crippen LogP contribution in [0.1, 0.15) is 65.7 Å². The number of carbonyl (C=O) groups is 2. The Balaban J connectivity index is 1.83. The van der Waals surface area contributed by atoms with E-state index in [1.807, 2.05) is 0 Å². The van der Waals surface area contributed by atoms with Crippen molar-refractivity contribution in [1.82, 2.24) is 0 Å². The van der Waals surface area contributed by atoms with E-state index in [9.17, 15) is 14.7 Å². The van der Waals surface area contributed by atoms with Crippen LogP contribution in [-0.2, 0) is 14.3 Å². The zero-order valence-electron chi connectivity index (χ0n) is 16.3. The van der Waals surface area contributed by atoms with Crippen molar-refractivity contribution >= 4 is 12.3 Å². The summed E-state index contributed by atoms with van der Waals surface area (Å²) in [5.74, 6) is 0.857. The predicted octanol–water partition coefficient (Wildman–Crippen LogP) is 3.67. The lowest BCUT2D eigenvalue weighted by Crippen LogP contribution is -2.62. The highest BCUT2D eigenvalue weighted by Gasteiger charge is 2.67. The first-order valence-electron chi connectivity index (χ1n) is 10.2. The van der Waals surface area contributed by atoms with Crippen LogP contribution in [0, 0.1) is 34.0 Å². The third-order valence-electron chi connectivity index (χ3n) is 8.71. The summed E-state index contributed by atoms with van der Waals surface area (Å²) in [6, 6.07) is 0. The van der Waals surface area contributed by atoms with Gasteiger partial charge in [-0.05, 0) is 72.7 Å². The van der Waals surface area contributed by atoms with Crippen molar-refractivity contribution in [3.63, 3.8) is 0 Å². The van der Waals surface area contributed by atoms with Gasteiger partial charge in [0.25, 0.3) is 0 Å². The fourth-order valence-electron chi connectivity index (χ4n) is 7.67. The first-order valence-corrected chi connectivity index (χ1v) is 10.2. The quantitative estimate of drug-likeness (QED) is 0.616. The lowest BCUT2D eigenvalue weighted by molar-refractivity contribution is -0.208. The maximum Gasteiger partial charge on any atom is 0.302 e. The van der Waals surface area contributed by atoms with E-state index in [1.165, 1.54) is 13.3 Å². The zero-order valence-corrected chi connectivity index (χ0v) is 16.3. The largest absolute Gasteiger partial charge is 0.462 e. The molecule has 4 aliphatic carbocycles. The third kappa shape index (κ3) is 2.30. The highest BCUT2D eigenvalue weighted by atomic mass is 16.5. The summed E-state index contributed by atoms with van der Waals surface area (Å²) in [6.07, 6.45) is 10.3.